The van der Waals surface area contributed by atoms with Gasteiger partial charge in [0.05, 0.1) is 31.5 Å². The first-order valence-corrected chi connectivity index (χ1v) is 9.47. The number of thiocarbonyl (C=S) groups is 1. The number of methoxy groups -OCH3 is 3. The molecule has 2 aromatic carbocycles. The average Bonchev–Trinajstić information content (AvgIpc) is 3.07. The van der Waals surface area contributed by atoms with Crippen LogP contribution in [0.15, 0.2) is 30.3 Å². The summed E-state index contributed by atoms with van der Waals surface area (Å²) in [4.78, 5) is 17.1. The molecular weight excluding hydrogens is 398 g/mol. The maximum Gasteiger partial charge on any atom is 0.257 e. The third kappa shape index (κ3) is 4.15. The number of carbonyl (C=O) groups excluding carboxylic acids is 1. The molecule has 2 N–H and O–H groups in total. The van der Waals surface area contributed by atoms with E-state index in [1.165, 1.54) is 32.7 Å². The normalized spacial score (nSPS) is 10.4. The highest BCUT2D eigenvalue weighted by atomic mass is 32.1. The van der Waals surface area contributed by atoms with Crippen molar-refractivity contribution in [2.24, 2.45) is 0 Å². The lowest BCUT2D eigenvalue weighted by Crippen LogP contribution is -2.34. The summed E-state index contributed by atoms with van der Waals surface area (Å²) in [5.74, 6) is 0.764. The van der Waals surface area contributed by atoms with Crippen LogP contribution < -0.4 is 24.8 Å². The maximum atomic E-state index is 12.6. The number of aryl methyl sites for hydroxylation is 1. The Labute approximate surface area is 171 Å². The first-order valence-electron chi connectivity index (χ1n) is 8.24. The van der Waals surface area contributed by atoms with Gasteiger partial charge in [0.1, 0.15) is 0 Å². The van der Waals surface area contributed by atoms with Crippen LogP contribution in [0, 0.1) is 6.92 Å². The zero-order valence-electron chi connectivity index (χ0n) is 15.8. The lowest BCUT2D eigenvalue weighted by Gasteiger charge is -2.14. The highest BCUT2D eigenvalue weighted by Crippen LogP contribution is 2.38. The van der Waals surface area contributed by atoms with Crippen molar-refractivity contribution in [2.45, 2.75) is 6.92 Å². The average molecular weight is 418 g/mol. The number of benzene rings is 2. The Morgan fingerprint density at radius 3 is 2.36 bits per heavy atom. The van der Waals surface area contributed by atoms with E-state index in [9.17, 15) is 4.79 Å². The summed E-state index contributed by atoms with van der Waals surface area (Å²) in [6.45, 7) is 2.02. The molecule has 0 bridgehead atoms. The minimum Gasteiger partial charge on any atom is -0.493 e. The molecule has 0 aliphatic heterocycles. The summed E-state index contributed by atoms with van der Waals surface area (Å²) in [6, 6.07) is 9.11. The molecule has 0 saturated carbocycles. The second-order valence-corrected chi connectivity index (χ2v) is 7.25. The van der Waals surface area contributed by atoms with Gasteiger partial charge in [0.2, 0.25) is 5.75 Å². The molecule has 28 heavy (non-hydrogen) atoms. The highest BCUT2D eigenvalue weighted by Gasteiger charge is 2.18. The molecule has 0 atom stereocenters. The van der Waals surface area contributed by atoms with Crippen LogP contribution in [0.3, 0.4) is 0 Å². The number of thiazole rings is 1. The van der Waals surface area contributed by atoms with Crippen molar-refractivity contribution in [3.8, 4) is 17.2 Å². The van der Waals surface area contributed by atoms with Crippen molar-refractivity contribution in [2.75, 3.05) is 26.6 Å². The zero-order chi connectivity index (χ0) is 20.3. The van der Waals surface area contributed by atoms with E-state index in [0.29, 0.717) is 27.9 Å². The summed E-state index contributed by atoms with van der Waals surface area (Å²) < 4.78 is 16.8. The smallest absolute Gasteiger partial charge is 0.257 e. The minimum absolute atomic E-state index is 0.148. The second kappa shape index (κ2) is 8.41. The van der Waals surface area contributed by atoms with Gasteiger partial charge in [-0.15, -0.1) is 0 Å². The number of nitrogens with one attached hydrogen (secondary N) is 2. The van der Waals surface area contributed by atoms with Gasteiger partial charge >= 0.3 is 0 Å². The lowest BCUT2D eigenvalue weighted by atomic mass is 10.1. The SMILES string of the molecule is COc1cc(C(=O)NC(=S)Nc2nc3ccc(C)cc3s2)cc(OC)c1OC. The Hall–Kier alpha value is -2.91. The van der Waals surface area contributed by atoms with Gasteiger partial charge < -0.3 is 19.5 Å². The number of amides is 1. The summed E-state index contributed by atoms with van der Waals surface area (Å²) >= 11 is 6.71. The van der Waals surface area contributed by atoms with Gasteiger partial charge in [-0.25, -0.2) is 4.98 Å². The van der Waals surface area contributed by atoms with Crippen molar-refractivity contribution in [1.29, 1.82) is 0 Å². The van der Waals surface area contributed by atoms with Crippen molar-refractivity contribution < 1.29 is 19.0 Å². The van der Waals surface area contributed by atoms with E-state index in [1.807, 2.05) is 19.1 Å². The van der Waals surface area contributed by atoms with E-state index in [0.717, 1.165) is 15.8 Å². The molecule has 0 radical (unpaired) electrons. The number of hydrogen-bond donors (Lipinski definition) is 2. The topological polar surface area (TPSA) is 81.7 Å². The van der Waals surface area contributed by atoms with Crippen LogP contribution >= 0.6 is 23.6 Å². The molecule has 0 saturated heterocycles. The van der Waals surface area contributed by atoms with E-state index in [1.54, 1.807) is 12.1 Å². The van der Waals surface area contributed by atoms with Gasteiger partial charge in [0.15, 0.2) is 21.7 Å². The van der Waals surface area contributed by atoms with Crippen molar-refractivity contribution in [3.63, 3.8) is 0 Å². The molecule has 0 aliphatic carbocycles. The fraction of sp³-hybridized carbons (Fsp3) is 0.211. The van der Waals surface area contributed by atoms with Crippen LogP contribution in [-0.2, 0) is 0 Å². The molecule has 7 nitrogen and oxygen atoms in total. The molecule has 0 aliphatic rings. The highest BCUT2D eigenvalue weighted by molar-refractivity contribution is 7.80. The van der Waals surface area contributed by atoms with Gasteiger partial charge in [-0.2, -0.15) is 0 Å². The predicted molar refractivity (Wildman–Crippen MR) is 114 cm³/mol. The molecule has 1 amide bonds. The molecule has 0 unspecified atom stereocenters. The van der Waals surface area contributed by atoms with Crippen molar-refractivity contribution >= 4 is 49.9 Å². The van der Waals surface area contributed by atoms with Gasteiger partial charge in [-0.1, -0.05) is 17.4 Å². The Kier molecular flexibility index (Phi) is 5.96. The second-order valence-electron chi connectivity index (χ2n) is 5.81. The van der Waals surface area contributed by atoms with Gasteiger partial charge in [0.25, 0.3) is 5.91 Å². The fourth-order valence-corrected chi connectivity index (χ4v) is 3.82. The Morgan fingerprint density at radius 1 is 1.07 bits per heavy atom. The van der Waals surface area contributed by atoms with Gasteiger partial charge in [-0.05, 0) is 49.0 Å². The quantitative estimate of drug-likeness (QED) is 0.612. The first kappa shape index (κ1) is 19.8. The van der Waals surface area contributed by atoms with Crippen LogP contribution in [0.5, 0.6) is 17.2 Å². The van der Waals surface area contributed by atoms with E-state index in [-0.39, 0.29) is 5.11 Å². The fourth-order valence-electron chi connectivity index (χ4n) is 2.60. The molecule has 1 heterocycles. The number of aromatic nitrogens is 1. The molecule has 9 heteroatoms. The summed E-state index contributed by atoms with van der Waals surface area (Å²) in [7, 11) is 4.47. The van der Waals surface area contributed by atoms with Gasteiger partial charge in [-0.3, -0.25) is 10.1 Å². The summed E-state index contributed by atoms with van der Waals surface area (Å²) in [6.07, 6.45) is 0. The number of carbonyl (C=O) groups is 1. The maximum absolute atomic E-state index is 12.6. The molecule has 3 rings (SSSR count). The molecule has 146 valence electrons. The third-order valence-electron chi connectivity index (χ3n) is 3.92. The standard InChI is InChI=1S/C19H19N3O4S2/c1-10-5-6-12-15(7-10)28-19(20-12)22-18(27)21-17(23)11-8-13(24-2)16(26-4)14(9-11)25-3/h5-9H,1-4H3,(H2,20,21,22,23,27). The number of nitrogens with zero attached hydrogens (tertiary/aromatic N) is 1. The molecule has 3 aromatic rings. The number of hydrogen-bond acceptors (Lipinski definition) is 7. The predicted octanol–water partition coefficient (Wildman–Crippen LogP) is 3.76. The Morgan fingerprint density at radius 2 is 1.75 bits per heavy atom. The van der Waals surface area contributed by atoms with Crippen LogP contribution in [0.2, 0.25) is 0 Å². The van der Waals surface area contributed by atoms with Crippen LogP contribution in [0.1, 0.15) is 15.9 Å². The van der Waals surface area contributed by atoms with Gasteiger partial charge in [0, 0.05) is 5.56 Å². The molecule has 0 fully saturated rings. The number of rotatable bonds is 5. The molecular formula is C19H19N3O4S2. The molecule has 1 aromatic heterocycles. The third-order valence-corrected chi connectivity index (χ3v) is 5.06. The zero-order valence-corrected chi connectivity index (χ0v) is 17.4. The van der Waals surface area contributed by atoms with E-state index >= 15 is 0 Å². The first-order chi connectivity index (χ1) is 13.4. The monoisotopic (exact) mass is 417 g/mol. The summed E-state index contributed by atoms with van der Waals surface area (Å²) in [5.41, 5.74) is 2.34. The largest absolute Gasteiger partial charge is 0.493 e. The number of ether oxygens (including phenoxy) is 3. The van der Waals surface area contributed by atoms with Crippen LogP contribution in [0.25, 0.3) is 10.2 Å². The van der Waals surface area contributed by atoms with E-state index in [4.69, 9.17) is 26.4 Å². The van der Waals surface area contributed by atoms with Crippen molar-refractivity contribution in [1.82, 2.24) is 10.3 Å². The number of anilines is 1. The van der Waals surface area contributed by atoms with E-state index in [2.05, 4.69) is 21.7 Å². The van der Waals surface area contributed by atoms with Crippen LogP contribution in [0.4, 0.5) is 5.13 Å². The Bertz CT molecular complexity index is 1020. The molecule has 0 spiro atoms. The Balaban J connectivity index is 1.75. The minimum atomic E-state index is -0.409. The van der Waals surface area contributed by atoms with E-state index < -0.39 is 5.91 Å². The number of fused-ring (bicyclic) bond motifs is 1. The lowest BCUT2D eigenvalue weighted by molar-refractivity contribution is 0.0977. The van der Waals surface area contributed by atoms with Crippen molar-refractivity contribution in [3.05, 3.63) is 41.5 Å². The van der Waals surface area contributed by atoms with Crippen LogP contribution in [-0.4, -0.2) is 37.3 Å². The summed E-state index contributed by atoms with van der Waals surface area (Å²) in [5, 5.41) is 6.34.